The number of aryl methyl sites for hydroxylation is 1. The van der Waals surface area contributed by atoms with Crippen LogP contribution in [0.15, 0.2) is 61.4 Å². The van der Waals surface area contributed by atoms with Crippen molar-refractivity contribution >= 4 is 17.9 Å². The molecule has 0 aliphatic carbocycles. The van der Waals surface area contributed by atoms with E-state index in [1.54, 1.807) is 24.5 Å². The molecule has 6 heteroatoms. The molecule has 3 heterocycles. The van der Waals surface area contributed by atoms with Crippen LogP contribution in [0.25, 0.3) is 11.3 Å². The number of aldehydes is 1. The molecule has 0 amide bonds. The maximum absolute atomic E-state index is 10.5. The SMILES string of the molecule is C=CC.CC.CN1CCC(c2ccc(Cl)cc2)C1.Cc1cnccc1-c1cc(C=O)[nH]n1. The Labute approximate surface area is 197 Å². The molecule has 172 valence electrons. The number of aromatic nitrogens is 3. The van der Waals surface area contributed by atoms with Gasteiger partial charge in [0.05, 0.1) is 11.4 Å². The Morgan fingerprint density at radius 2 is 1.88 bits per heavy atom. The lowest BCUT2D eigenvalue weighted by molar-refractivity contribution is 0.111. The molecule has 2 aromatic heterocycles. The van der Waals surface area contributed by atoms with Crippen LogP contribution >= 0.6 is 11.6 Å². The lowest BCUT2D eigenvalue weighted by atomic mass is 9.99. The van der Waals surface area contributed by atoms with Gasteiger partial charge in [0.1, 0.15) is 0 Å². The van der Waals surface area contributed by atoms with Crippen molar-refractivity contribution in [2.45, 2.75) is 40.0 Å². The number of halogens is 1. The summed E-state index contributed by atoms with van der Waals surface area (Å²) in [6.07, 6.45) is 7.24. The van der Waals surface area contributed by atoms with Crippen LogP contribution < -0.4 is 0 Å². The molecular formula is C26H35ClN4O. The number of carbonyl (C=O) groups is 1. The van der Waals surface area contributed by atoms with Crippen molar-refractivity contribution in [1.29, 1.82) is 0 Å². The van der Waals surface area contributed by atoms with E-state index in [1.165, 1.54) is 25.1 Å². The van der Waals surface area contributed by atoms with Gasteiger partial charge in [0, 0.05) is 29.5 Å². The molecule has 1 aromatic carbocycles. The first-order valence-electron chi connectivity index (χ1n) is 10.9. The van der Waals surface area contributed by atoms with Gasteiger partial charge in [-0.3, -0.25) is 14.9 Å². The predicted octanol–water partition coefficient (Wildman–Crippen LogP) is 6.57. The molecular weight excluding hydrogens is 420 g/mol. The summed E-state index contributed by atoms with van der Waals surface area (Å²) in [4.78, 5) is 16.8. The van der Waals surface area contributed by atoms with E-state index >= 15 is 0 Å². The summed E-state index contributed by atoms with van der Waals surface area (Å²) >= 11 is 5.84. The van der Waals surface area contributed by atoms with Gasteiger partial charge in [0.25, 0.3) is 0 Å². The molecule has 4 rings (SSSR count). The summed E-state index contributed by atoms with van der Waals surface area (Å²) in [6, 6.07) is 11.8. The van der Waals surface area contributed by atoms with Crippen molar-refractivity contribution in [2.24, 2.45) is 0 Å². The first kappa shape index (κ1) is 27.3. The minimum atomic E-state index is 0.483. The van der Waals surface area contributed by atoms with Gasteiger partial charge in [-0.2, -0.15) is 5.10 Å². The largest absolute Gasteiger partial charge is 0.306 e. The molecule has 0 saturated carbocycles. The highest BCUT2D eigenvalue weighted by Gasteiger charge is 2.20. The molecule has 1 aliphatic rings. The molecule has 1 N–H and O–H groups in total. The molecule has 32 heavy (non-hydrogen) atoms. The summed E-state index contributed by atoms with van der Waals surface area (Å²) in [6.45, 7) is 13.6. The maximum atomic E-state index is 10.5. The third kappa shape index (κ3) is 8.77. The lowest BCUT2D eigenvalue weighted by Gasteiger charge is -2.10. The second-order valence-corrected chi connectivity index (χ2v) is 7.66. The van der Waals surface area contributed by atoms with Crippen LogP contribution in [0.1, 0.15) is 54.7 Å². The smallest absolute Gasteiger partial charge is 0.167 e. The Morgan fingerprint density at radius 1 is 1.22 bits per heavy atom. The van der Waals surface area contributed by atoms with Crippen molar-refractivity contribution in [3.05, 3.63) is 83.3 Å². The third-order valence-corrected chi connectivity index (χ3v) is 5.01. The van der Waals surface area contributed by atoms with E-state index in [0.717, 1.165) is 28.1 Å². The molecule has 0 bridgehead atoms. The van der Waals surface area contributed by atoms with Gasteiger partial charge in [-0.1, -0.05) is 43.7 Å². The summed E-state index contributed by atoms with van der Waals surface area (Å²) < 4.78 is 0. The summed E-state index contributed by atoms with van der Waals surface area (Å²) in [5.41, 5.74) is 4.71. The molecule has 1 unspecified atom stereocenters. The van der Waals surface area contributed by atoms with Crippen LogP contribution in [0.3, 0.4) is 0 Å². The van der Waals surface area contributed by atoms with E-state index in [-0.39, 0.29) is 0 Å². The van der Waals surface area contributed by atoms with Gasteiger partial charge in [-0.05, 0) is 75.2 Å². The fourth-order valence-corrected chi connectivity index (χ4v) is 3.36. The van der Waals surface area contributed by atoms with Crippen molar-refractivity contribution in [1.82, 2.24) is 20.1 Å². The second-order valence-electron chi connectivity index (χ2n) is 7.22. The molecule has 1 atom stereocenters. The number of aromatic amines is 1. The number of likely N-dealkylation sites (N-methyl/N-ethyl adjacent to an activating group) is 1. The van der Waals surface area contributed by atoms with Crippen LogP contribution in [0.4, 0.5) is 0 Å². The zero-order chi connectivity index (χ0) is 23.9. The van der Waals surface area contributed by atoms with E-state index in [9.17, 15) is 4.79 Å². The Kier molecular flexibility index (Phi) is 12.9. The van der Waals surface area contributed by atoms with Gasteiger partial charge in [-0.25, -0.2) is 0 Å². The zero-order valence-electron chi connectivity index (χ0n) is 19.8. The van der Waals surface area contributed by atoms with Gasteiger partial charge in [-0.15, -0.1) is 6.58 Å². The number of hydrogen-bond donors (Lipinski definition) is 1. The molecule has 0 spiro atoms. The van der Waals surface area contributed by atoms with Gasteiger partial charge in [0.15, 0.2) is 6.29 Å². The Hall–Kier alpha value is -2.76. The molecule has 1 aliphatic heterocycles. The van der Waals surface area contributed by atoms with Crippen LogP contribution in [0.5, 0.6) is 0 Å². The van der Waals surface area contributed by atoms with E-state index in [1.807, 2.05) is 45.9 Å². The van der Waals surface area contributed by atoms with Gasteiger partial charge < -0.3 is 4.90 Å². The fraction of sp³-hybridized carbons (Fsp3) is 0.346. The first-order chi connectivity index (χ1) is 15.5. The number of allylic oxidation sites excluding steroid dienone is 1. The number of rotatable bonds is 3. The number of H-pyrrole nitrogens is 1. The van der Waals surface area contributed by atoms with Crippen LogP contribution in [0.2, 0.25) is 5.02 Å². The quantitative estimate of drug-likeness (QED) is 0.359. The number of likely N-dealkylation sites (tertiary alicyclic amines) is 1. The van der Waals surface area contributed by atoms with Gasteiger partial charge >= 0.3 is 0 Å². The average molecular weight is 455 g/mol. The Morgan fingerprint density at radius 3 is 2.38 bits per heavy atom. The third-order valence-electron chi connectivity index (χ3n) is 4.75. The monoisotopic (exact) mass is 454 g/mol. The summed E-state index contributed by atoms with van der Waals surface area (Å²) in [7, 11) is 2.18. The van der Waals surface area contributed by atoms with Crippen LogP contribution in [-0.4, -0.2) is 46.5 Å². The summed E-state index contributed by atoms with van der Waals surface area (Å²) in [5, 5.41) is 7.51. The topological polar surface area (TPSA) is 61.9 Å². The molecule has 0 radical (unpaired) electrons. The van der Waals surface area contributed by atoms with E-state index in [0.29, 0.717) is 11.6 Å². The lowest BCUT2D eigenvalue weighted by Crippen LogP contribution is -2.13. The minimum Gasteiger partial charge on any atom is -0.306 e. The molecule has 1 fully saturated rings. The average Bonchev–Trinajstić information content (AvgIpc) is 3.46. The van der Waals surface area contributed by atoms with E-state index < -0.39 is 0 Å². The normalized spacial score (nSPS) is 14.6. The number of benzene rings is 1. The number of pyridine rings is 1. The summed E-state index contributed by atoms with van der Waals surface area (Å²) in [5.74, 6) is 0.710. The van der Waals surface area contributed by atoms with Crippen LogP contribution in [-0.2, 0) is 0 Å². The Balaban J connectivity index is 0.000000268. The van der Waals surface area contributed by atoms with Crippen molar-refractivity contribution in [3.63, 3.8) is 0 Å². The number of carbonyl (C=O) groups excluding carboxylic acids is 1. The van der Waals surface area contributed by atoms with Crippen molar-refractivity contribution < 1.29 is 4.79 Å². The molecule has 3 aromatic rings. The highest BCUT2D eigenvalue weighted by Crippen LogP contribution is 2.26. The standard InChI is InChI=1S/C11H14ClN.C10H9N3O.C3H6.C2H6/c1-13-7-6-10(8-13)9-2-4-11(12)5-3-9;1-7-5-11-3-2-9(7)10-4-8(6-14)12-13-10;1-3-2;1-2/h2-5,10H,6-8H2,1H3;2-6H,1H3,(H,12,13);3H,1H2,2H3;1-2H3. The second kappa shape index (κ2) is 15.1. The van der Waals surface area contributed by atoms with E-state index in [2.05, 4.69) is 45.8 Å². The van der Waals surface area contributed by atoms with E-state index in [4.69, 9.17) is 11.6 Å². The molecule has 5 nitrogen and oxygen atoms in total. The predicted molar refractivity (Wildman–Crippen MR) is 135 cm³/mol. The minimum absolute atomic E-state index is 0.483. The fourth-order valence-electron chi connectivity index (χ4n) is 3.24. The highest BCUT2D eigenvalue weighted by atomic mass is 35.5. The molecule has 1 saturated heterocycles. The van der Waals surface area contributed by atoms with Gasteiger partial charge in [0.2, 0.25) is 0 Å². The number of nitrogens with zero attached hydrogens (tertiary/aromatic N) is 3. The first-order valence-corrected chi connectivity index (χ1v) is 11.3. The number of nitrogens with one attached hydrogen (secondary N) is 1. The highest BCUT2D eigenvalue weighted by molar-refractivity contribution is 6.30. The number of hydrogen-bond acceptors (Lipinski definition) is 4. The van der Waals surface area contributed by atoms with Crippen molar-refractivity contribution in [3.8, 4) is 11.3 Å². The van der Waals surface area contributed by atoms with Crippen molar-refractivity contribution in [2.75, 3.05) is 20.1 Å². The maximum Gasteiger partial charge on any atom is 0.167 e. The Bertz CT molecular complexity index is 937. The zero-order valence-corrected chi connectivity index (χ0v) is 20.6. The van der Waals surface area contributed by atoms with Crippen LogP contribution in [0, 0.1) is 6.92 Å².